The maximum atomic E-state index is 13.6. The van der Waals surface area contributed by atoms with Crippen LogP contribution < -0.4 is 0 Å². The second-order valence-electron chi connectivity index (χ2n) is 11.9. The normalized spacial score (nSPS) is 28.2. The van der Waals surface area contributed by atoms with E-state index in [1.165, 1.54) is 11.3 Å². The van der Waals surface area contributed by atoms with Gasteiger partial charge in [0.05, 0.1) is 35.1 Å². The van der Waals surface area contributed by atoms with E-state index in [1.54, 1.807) is 44.2 Å². The molecule has 0 amide bonds. The molecule has 1 aromatic rings. The summed E-state index contributed by atoms with van der Waals surface area (Å²) in [4.78, 5) is 18.3. The second-order valence-corrected chi connectivity index (χ2v) is 12.8. The molecule has 1 aromatic heterocycles. The van der Waals surface area contributed by atoms with Crippen LogP contribution in [0.4, 0.5) is 0 Å². The van der Waals surface area contributed by atoms with Crippen LogP contribution in [0.25, 0.3) is 6.08 Å². The molecule has 1 aliphatic heterocycles. The Balaban J connectivity index is 2.44. The van der Waals surface area contributed by atoms with E-state index in [-0.39, 0.29) is 18.8 Å². The number of ether oxygens (including phenoxy) is 1. The Labute approximate surface area is 267 Å². The average molecular weight is 632 g/mol. The number of aliphatic hydroxyl groups excluding tert-OH is 5. The lowest BCUT2D eigenvalue weighted by atomic mass is 9.87. The summed E-state index contributed by atoms with van der Waals surface area (Å²) in [7, 11) is 0. The molecule has 2 rings (SSSR count). The lowest BCUT2D eigenvalue weighted by Gasteiger charge is -2.32. The molecule has 2 bridgehead atoms. The zero-order chi connectivity index (χ0) is 32.8. The Morgan fingerprint density at radius 2 is 1.89 bits per heavy atom. The van der Waals surface area contributed by atoms with Crippen molar-refractivity contribution in [2.75, 3.05) is 0 Å². The molecule has 0 aliphatic carbocycles. The summed E-state index contributed by atoms with van der Waals surface area (Å²) >= 11 is 1.38. The lowest BCUT2D eigenvalue weighted by molar-refractivity contribution is -0.158. The van der Waals surface area contributed by atoms with Gasteiger partial charge in [-0.15, -0.1) is 11.3 Å². The highest BCUT2D eigenvalue weighted by atomic mass is 32.1. The number of allylic oxidation sites excluding steroid dienone is 5. The summed E-state index contributed by atoms with van der Waals surface area (Å²) in [6.07, 6.45) is 9.78. The summed E-state index contributed by atoms with van der Waals surface area (Å²) < 4.78 is 5.90. The first-order valence-corrected chi connectivity index (χ1v) is 16.7. The number of cyclic esters (lactones) is 1. The maximum Gasteiger partial charge on any atom is 0.334 e. The monoisotopic (exact) mass is 631 g/mol. The molecule has 246 valence electrons. The van der Waals surface area contributed by atoms with Crippen LogP contribution in [0.3, 0.4) is 0 Å². The zero-order valence-electron chi connectivity index (χ0n) is 27.1. The minimum absolute atomic E-state index is 0.0866. The van der Waals surface area contributed by atoms with Crippen molar-refractivity contribution in [3.8, 4) is 0 Å². The van der Waals surface area contributed by atoms with Gasteiger partial charge in [0.1, 0.15) is 12.2 Å². The predicted octanol–water partition coefficient (Wildman–Crippen LogP) is 5.77. The van der Waals surface area contributed by atoms with Crippen molar-refractivity contribution in [1.29, 1.82) is 0 Å². The number of unbranched alkanes of at least 4 members (excludes halogenated alkanes) is 3. The second kappa shape index (κ2) is 19.2. The highest BCUT2D eigenvalue weighted by Gasteiger charge is 2.36. The quantitative estimate of drug-likeness (QED) is 0.118. The van der Waals surface area contributed by atoms with Gasteiger partial charge in [0.15, 0.2) is 0 Å². The molecule has 9 heteroatoms. The van der Waals surface area contributed by atoms with Gasteiger partial charge in [-0.2, -0.15) is 0 Å². The molecule has 5 N–H and O–H groups in total. The molecule has 0 saturated carbocycles. The number of rotatable bonds is 11. The molecule has 8 nitrogen and oxygen atoms in total. The third kappa shape index (κ3) is 11.8. The summed E-state index contributed by atoms with van der Waals surface area (Å²) in [5.41, 5.74) is 2.59. The predicted molar refractivity (Wildman–Crippen MR) is 177 cm³/mol. The first kappa shape index (κ1) is 37.8. The van der Waals surface area contributed by atoms with Crippen molar-refractivity contribution in [2.24, 2.45) is 5.92 Å². The number of carbonyl (C=O) groups is 1. The van der Waals surface area contributed by atoms with Crippen molar-refractivity contribution in [3.63, 3.8) is 0 Å². The van der Waals surface area contributed by atoms with Crippen molar-refractivity contribution >= 4 is 23.4 Å². The van der Waals surface area contributed by atoms with Crippen molar-refractivity contribution < 1.29 is 35.1 Å². The van der Waals surface area contributed by atoms with E-state index in [4.69, 9.17) is 4.74 Å². The van der Waals surface area contributed by atoms with Gasteiger partial charge in [-0.25, -0.2) is 9.78 Å². The van der Waals surface area contributed by atoms with Crippen LogP contribution in [0, 0.1) is 5.92 Å². The number of thiazole rings is 1. The standard InChI is InChI=1S/C35H53NO7S/c1-7-9-10-12-15-26-19-27-21-44-34(36-27)24(5)29(38)20-28(37)16-13-11-14-17-30(43-35(26)42)33(41)32(40)25(6)31(39)23(4)18-22(3)8-2/h8,11,13-14,16,18-19,21,24-25,28-33,37-41H,7,9-10,12,15,17,20H2,1-6H3/b14-11-,16-13+,22-8+,23-18+,26-19+. The molecular weight excluding hydrogens is 578 g/mol. The van der Waals surface area contributed by atoms with Gasteiger partial charge in [0.2, 0.25) is 0 Å². The van der Waals surface area contributed by atoms with E-state index in [0.29, 0.717) is 28.3 Å². The Morgan fingerprint density at radius 1 is 1.16 bits per heavy atom. The molecule has 8 atom stereocenters. The molecule has 0 fully saturated rings. The van der Waals surface area contributed by atoms with Crippen LogP contribution in [0.1, 0.15) is 103 Å². The number of hydrogen-bond acceptors (Lipinski definition) is 9. The van der Waals surface area contributed by atoms with Crippen molar-refractivity contribution in [1.82, 2.24) is 4.98 Å². The fourth-order valence-electron chi connectivity index (χ4n) is 5.04. The average Bonchev–Trinajstić information content (AvgIpc) is 3.47. The Bertz CT molecular complexity index is 1180. The third-order valence-corrected chi connectivity index (χ3v) is 9.29. The summed E-state index contributed by atoms with van der Waals surface area (Å²) in [6, 6.07) is 0. The highest BCUT2D eigenvalue weighted by Crippen LogP contribution is 2.28. The van der Waals surface area contributed by atoms with Crippen LogP contribution in [-0.4, -0.2) is 73.1 Å². The van der Waals surface area contributed by atoms with E-state index in [2.05, 4.69) is 11.9 Å². The summed E-state index contributed by atoms with van der Waals surface area (Å²) in [5.74, 6) is -1.66. The molecule has 1 aliphatic rings. The number of carbonyl (C=O) groups excluding carboxylic acids is 1. The number of aromatic nitrogens is 1. The Morgan fingerprint density at radius 3 is 2.57 bits per heavy atom. The van der Waals surface area contributed by atoms with E-state index < -0.39 is 48.5 Å². The van der Waals surface area contributed by atoms with Crippen LogP contribution in [-0.2, 0) is 9.53 Å². The van der Waals surface area contributed by atoms with Gasteiger partial charge in [0, 0.05) is 35.6 Å². The first-order valence-electron chi connectivity index (χ1n) is 15.8. The van der Waals surface area contributed by atoms with Crippen LogP contribution >= 0.6 is 11.3 Å². The minimum Gasteiger partial charge on any atom is -0.456 e. The molecule has 44 heavy (non-hydrogen) atoms. The van der Waals surface area contributed by atoms with Crippen LogP contribution in [0.5, 0.6) is 0 Å². The number of fused-ring (bicyclic) bond motifs is 2. The van der Waals surface area contributed by atoms with Crippen molar-refractivity contribution in [3.05, 3.63) is 69.3 Å². The van der Waals surface area contributed by atoms with Crippen LogP contribution in [0.2, 0.25) is 0 Å². The first-order chi connectivity index (χ1) is 20.9. The molecule has 2 heterocycles. The van der Waals surface area contributed by atoms with Crippen LogP contribution in [0.15, 0.2) is 58.6 Å². The zero-order valence-corrected chi connectivity index (χ0v) is 27.9. The van der Waals surface area contributed by atoms with Crippen molar-refractivity contribution in [2.45, 2.75) is 129 Å². The molecule has 0 radical (unpaired) electrons. The highest BCUT2D eigenvalue weighted by molar-refractivity contribution is 7.09. The van der Waals surface area contributed by atoms with E-state index in [0.717, 1.165) is 31.3 Å². The minimum atomic E-state index is -1.48. The van der Waals surface area contributed by atoms with E-state index >= 15 is 0 Å². The van der Waals surface area contributed by atoms with E-state index in [1.807, 2.05) is 38.3 Å². The SMILES string of the molecule is C/C=C(C)/C=C(\C)C(O)C(C)C(O)C(O)C1C/C=C\C=C\C(O)CC(O)C(C)c2nc(cs2)/C=C(\CCCCCC)C(=O)O1. The number of esters is 1. The Kier molecular flexibility index (Phi) is 16.5. The lowest BCUT2D eigenvalue weighted by Crippen LogP contribution is -2.46. The van der Waals surface area contributed by atoms with Gasteiger partial charge in [-0.1, -0.05) is 82.1 Å². The largest absolute Gasteiger partial charge is 0.456 e. The third-order valence-electron chi connectivity index (χ3n) is 8.23. The fraction of sp³-hybridized carbons (Fsp3) is 0.600. The molecule has 8 unspecified atom stereocenters. The van der Waals surface area contributed by atoms with Gasteiger partial charge in [-0.05, 0) is 45.3 Å². The maximum absolute atomic E-state index is 13.6. The molecule has 0 saturated heterocycles. The Hall–Kier alpha value is -2.40. The molecule has 0 aromatic carbocycles. The van der Waals surface area contributed by atoms with E-state index in [9.17, 15) is 30.3 Å². The van der Waals surface area contributed by atoms with Gasteiger partial charge in [-0.3, -0.25) is 0 Å². The fourth-order valence-corrected chi connectivity index (χ4v) is 5.93. The number of aliphatic hydroxyl groups is 5. The van der Waals surface area contributed by atoms with Gasteiger partial charge in [0.25, 0.3) is 0 Å². The number of nitrogens with zero attached hydrogens (tertiary/aromatic N) is 1. The number of hydrogen-bond donors (Lipinski definition) is 5. The molecular formula is C35H53NO7S. The summed E-state index contributed by atoms with van der Waals surface area (Å²) in [5, 5.41) is 57.0. The van der Waals surface area contributed by atoms with Gasteiger partial charge < -0.3 is 30.3 Å². The van der Waals surface area contributed by atoms with Gasteiger partial charge >= 0.3 is 5.97 Å². The summed E-state index contributed by atoms with van der Waals surface area (Å²) in [6.45, 7) is 11.2. The molecule has 0 spiro atoms. The smallest absolute Gasteiger partial charge is 0.334 e. The topological polar surface area (TPSA) is 140 Å².